The summed E-state index contributed by atoms with van der Waals surface area (Å²) >= 11 is 0.894. The van der Waals surface area contributed by atoms with E-state index in [0.717, 1.165) is 11.8 Å². The molecule has 1 N–H and O–H groups in total. The number of hydrogen-bond donors (Lipinski definition) is 1. The zero-order valence-corrected chi connectivity index (χ0v) is 8.04. The lowest BCUT2D eigenvalue weighted by molar-refractivity contribution is 0.200. The number of aromatic amines is 1. The minimum Gasteiger partial charge on any atom is -0.461 e. The molecule has 0 fully saturated rings. The van der Waals surface area contributed by atoms with Crippen LogP contribution in [0.3, 0.4) is 0 Å². The molecule has 0 aromatic carbocycles. The van der Waals surface area contributed by atoms with Crippen molar-refractivity contribution >= 4 is 28.2 Å². The molecule has 0 saturated carbocycles. The third-order valence-electron chi connectivity index (χ3n) is 1.53. The van der Waals surface area contributed by atoms with Crippen molar-refractivity contribution in [2.45, 2.75) is 5.03 Å². The van der Waals surface area contributed by atoms with Crippen LogP contribution in [0.4, 0.5) is 4.79 Å². The predicted molar refractivity (Wildman–Crippen MR) is 49.9 cm³/mol. The van der Waals surface area contributed by atoms with Gasteiger partial charge in [0.1, 0.15) is 16.9 Å². The standard InChI is InChI=1S/C7H6N4O2S/c1-13-7(12)14-6-4-5(9-2-8-4)10-3-11-6/h2-3H,1H3,(H,8,9,10,11). The monoisotopic (exact) mass is 210 g/mol. The third-order valence-corrected chi connectivity index (χ3v) is 2.37. The highest BCUT2D eigenvalue weighted by Gasteiger charge is 2.11. The van der Waals surface area contributed by atoms with Crippen molar-refractivity contribution in [2.24, 2.45) is 0 Å². The smallest absolute Gasteiger partial charge is 0.373 e. The van der Waals surface area contributed by atoms with E-state index in [4.69, 9.17) is 0 Å². The molecule has 2 rings (SSSR count). The van der Waals surface area contributed by atoms with Crippen LogP contribution in [0.25, 0.3) is 11.2 Å². The molecule has 0 atom stereocenters. The molecule has 0 unspecified atom stereocenters. The lowest BCUT2D eigenvalue weighted by Crippen LogP contribution is -1.93. The minimum atomic E-state index is -0.417. The van der Waals surface area contributed by atoms with Gasteiger partial charge in [-0.1, -0.05) is 0 Å². The minimum absolute atomic E-state index is 0.417. The van der Waals surface area contributed by atoms with Crippen molar-refractivity contribution in [1.29, 1.82) is 0 Å². The highest BCUT2D eigenvalue weighted by atomic mass is 32.2. The number of rotatable bonds is 1. The van der Waals surface area contributed by atoms with E-state index in [1.54, 1.807) is 0 Å². The summed E-state index contributed by atoms with van der Waals surface area (Å²) in [5, 5.41) is 0.0963. The fourth-order valence-corrected chi connectivity index (χ4v) is 1.53. The number of hydrogen-bond acceptors (Lipinski definition) is 6. The van der Waals surface area contributed by atoms with Crippen molar-refractivity contribution < 1.29 is 9.53 Å². The lowest BCUT2D eigenvalue weighted by Gasteiger charge is -1.97. The Kier molecular flexibility index (Phi) is 2.32. The summed E-state index contributed by atoms with van der Waals surface area (Å²) in [4.78, 5) is 25.6. The first-order valence-corrected chi connectivity index (χ1v) is 4.53. The highest BCUT2D eigenvalue weighted by molar-refractivity contribution is 8.13. The van der Waals surface area contributed by atoms with Gasteiger partial charge in [-0.05, 0) is 0 Å². The average molecular weight is 210 g/mol. The summed E-state index contributed by atoms with van der Waals surface area (Å²) in [5.41, 5.74) is 1.18. The fourth-order valence-electron chi connectivity index (χ4n) is 0.941. The van der Waals surface area contributed by atoms with E-state index in [0.29, 0.717) is 16.2 Å². The second-order valence-corrected chi connectivity index (χ2v) is 3.26. The normalized spacial score (nSPS) is 10.4. The zero-order valence-electron chi connectivity index (χ0n) is 7.22. The van der Waals surface area contributed by atoms with Crippen molar-refractivity contribution in [3.63, 3.8) is 0 Å². The quantitative estimate of drug-likeness (QED) is 0.433. The number of ether oxygens (including phenoxy) is 1. The van der Waals surface area contributed by atoms with Gasteiger partial charge in [0.2, 0.25) is 0 Å². The van der Waals surface area contributed by atoms with Crippen molar-refractivity contribution in [3.05, 3.63) is 12.7 Å². The van der Waals surface area contributed by atoms with Gasteiger partial charge in [-0.15, -0.1) is 0 Å². The number of carbonyl (C=O) groups is 1. The van der Waals surface area contributed by atoms with Gasteiger partial charge in [-0.2, -0.15) is 0 Å². The second-order valence-electron chi connectivity index (χ2n) is 2.34. The molecule has 7 heteroatoms. The molecule has 14 heavy (non-hydrogen) atoms. The summed E-state index contributed by atoms with van der Waals surface area (Å²) in [6.45, 7) is 0. The molecule has 0 radical (unpaired) electrons. The number of aromatic nitrogens is 4. The van der Waals surface area contributed by atoms with Gasteiger partial charge in [0, 0.05) is 11.8 Å². The van der Waals surface area contributed by atoms with Crippen molar-refractivity contribution in [3.8, 4) is 0 Å². The Morgan fingerprint density at radius 2 is 2.36 bits per heavy atom. The number of imidazole rings is 1. The number of carbonyl (C=O) groups excluding carboxylic acids is 1. The van der Waals surface area contributed by atoms with Crippen LogP contribution in [-0.4, -0.2) is 32.3 Å². The zero-order chi connectivity index (χ0) is 9.97. The van der Waals surface area contributed by atoms with Gasteiger partial charge < -0.3 is 9.72 Å². The van der Waals surface area contributed by atoms with Crippen molar-refractivity contribution in [1.82, 2.24) is 19.9 Å². The van der Waals surface area contributed by atoms with Crippen molar-refractivity contribution in [2.75, 3.05) is 7.11 Å². The van der Waals surface area contributed by atoms with E-state index in [2.05, 4.69) is 24.7 Å². The topological polar surface area (TPSA) is 80.8 Å². The molecule has 6 nitrogen and oxygen atoms in total. The highest BCUT2D eigenvalue weighted by Crippen LogP contribution is 2.22. The van der Waals surface area contributed by atoms with Crippen LogP contribution in [0.1, 0.15) is 0 Å². The molecular formula is C7H6N4O2S. The first-order chi connectivity index (χ1) is 6.81. The summed E-state index contributed by atoms with van der Waals surface area (Å²) in [6.07, 6.45) is 2.86. The van der Waals surface area contributed by atoms with Gasteiger partial charge in [-0.25, -0.2) is 19.7 Å². The number of thioether (sulfide) groups is 1. The van der Waals surface area contributed by atoms with E-state index in [1.807, 2.05) is 0 Å². The Morgan fingerprint density at radius 3 is 3.14 bits per heavy atom. The van der Waals surface area contributed by atoms with Crippen LogP contribution in [0.2, 0.25) is 0 Å². The Morgan fingerprint density at radius 1 is 1.50 bits per heavy atom. The largest absolute Gasteiger partial charge is 0.461 e. The van der Waals surface area contributed by atoms with Crippen LogP contribution >= 0.6 is 11.8 Å². The number of fused-ring (bicyclic) bond motifs is 1. The first-order valence-electron chi connectivity index (χ1n) is 3.71. The average Bonchev–Trinajstić information content (AvgIpc) is 2.66. The van der Waals surface area contributed by atoms with Gasteiger partial charge >= 0.3 is 5.30 Å². The summed E-state index contributed by atoms with van der Waals surface area (Å²) in [5.74, 6) is 0. The van der Waals surface area contributed by atoms with E-state index in [9.17, 15) is 4.79 Å². The molecule has 0 amide bonds. The Hall–Kier alpha value is -1.63. The Labute approximate surface area is 83.1 Å². The Balaban J connectivity index is 2.41. The number of nitrogens with zero attached hydrogens (tertiary/aromatic N) is 3. The number of nitrogens with one attached hydrogen (secondary N) is 1. The maximum Gasteiger partial charge on any atom is 0.373 e. The molecule has 0 saturated heterocycles. The fraction of sp³-hybridized carbons (Fsp3) is 0.143. The van der Waals surface area contributed by atoms with Crippen LogP contribution in [-0.2, 0) is 4.74 Å². The maximum atomic E-state index is 11.0. The molecule has 72 valence electrons. The maximum absolute atomic E-state index is 11.0. The van der Waals surface area contributed by atoms with E-state index in [1.165, 1.54) is 19.8 Å². The SMILES string of the molecule is COC(=O)Sc1ncnc2nc[nH]c12. The summed E-state index contributed by atoms with van der Waals surface area (Å²) in [7, 11) is 1.32. The number of methoxy groups -OCH3 is 1. The van der Waals surface area contributed by atoms with E-state index >= 15 is 0 Å². The molecule has 0 spiro atoms. The molecule has 0 aliphatic carbocycles. The Bertz CT molecular complexity index is 469. The molecule has 0 bridgehead atoms. The molecular weight excluding hydrogens is 204 g/mol. The molecule has 0 aliphatic heterocycles. The molecule has 2 aromatic rings. The number of H-pyrrole nitrogens is 1. The van der Waals surface area contributed by atoms with Gasteiger partial charge in [0.25, 0.3) is 0 Å². The van der Waals surface area contributed by atoms with Gasteiger partial charge in [-0.3, -0.25) is 0 Å². The van der Waals surface area contributed by atoms with E-state index < -0.39 is 5.30 Å². The first kappa shape index (κ1) is 8.95. The van der Waals surface area contributed by atoms with Gasteiger partial charge in [0.15, 0.2) is 5.65 Å². The van der Waals surface area contributed by atoms with Crippen LogP contribution < -0.4 is 0 Å². The van der Waals surface area contributed by atoms with Gasteiger partial charge in [0.05, 0.1) is 13.4 Å². The van der Waals surface area contributed by atoms with Crippen LogP contribution in [0.15, 0.2) is 17.7 Å². The lowest BCUT2D eigenvalue weighted by atomic mass is 10.6. The molecule has 0 aliphatic rings. The molecule has 2 aromatic heterocycles. The molecule has 2 heterocycles. The second kappa shape index (κ2) is 3.62. The van der Waals surface area contributed by atoms with E-state index in [-0.39, 0.29) is 0 Å². The predicted octanol–water partition coefficient (Wildman–Crippen LogP) is 1.21. The summed E-state index contributed by atoms with van der Waals surface area (Å²) in [6, 6.07) is 0. The van der Waals surface area contributed by atoms with Crippen LogP contribution in [0, 0.1) is 0 Å². The third kappa shape index (κ3) is 1.53. The summed E-state index contributed by atoms with van der Waals surface area (Å²) < 4.78 is 4.51. The van der Waals surface area contributed by atoms with Crippen LogP contribution in [0.5, 0.6) is 0 Å².